The van der Waals surface area contributed by atoms with Gasteiger partial charge in [-0.3, -0.25) is 9.59 Å². The van der Waals surface area contributed by atoms with Gasteiger partial charge in [-0.05, 0) is 19.1 Å². The molecule has 0 fully saturated rings. The quantitative estimate of drug-likeness (QED) is 0.450. The van der Waals surface area contributed by atoms with Crippen LogP contribution in [0, 0.1) is 0 Å². The summed E-state index contributed by atoms with van der Waals surface area (Å²) in [5, 5.41) is 3.09. The summed E-state index contributed by atoms with van der Waals surface area (Å²) < 4.78 is 4.85. The predicted octanol–water partition coefficient (Wildman–Crippen LogP) is 1.62. The second kappa shape index (κ2) is 6.61. The molecule has 0 bridgehead atoms. The van der Waals surface area contributed by atoms with Crippen LogP contribution in [0.15, 0.2) is 30.3 Å². The smallest absolute Gasteiger partial charge is 0.313 e. The van der Waals surface area contributed by atoms with Crippen LogP contribution in [-0.2, 0) is 14.3 Å². The molecule has 0 saturated heterocycles. The normalized spacial score (nSPS) is 9.56. The lowest BCUT2D eigenvalue weighted by atomic mass is 10.3. The van der Waals surface area contributed by atoms with E-state index in [1.54, 1.807) is 0 Å². The molecular formula is C12H15NO3. The fraction of sp³-hybridized carbons (Fsp3) is 0.333. The van der Waals surface area contributed by atoms with Gasteiger partial charge in [0.25, 0.3) is 0 Å². The van der Waals surface area contributed by atoms with E-state index in [4.69, 9.17) is 4.74 Å². The molecule has 0 aromatic heterocycles. The molecular weight excluding hydrogens is 206 g/mol. The van der Waals surface area contributed by atoms with Crippen molar-refractivity contribution < 1.29 is 14.3 Å². The number of ether oxygens (including phenoxy) is 1. The second-order valence-corrected chi connectivity index (χ2v) is 3.39. The number of esters is 1. The number of benzene rings is 1. The van der Waals surface area contributed by atoms with Gasteiger partial charge in [-0.25, -0.2) is 0 Å². The molecule has 4 heteroatoms. The Morgan fingerprint density at radius 3 is 2.56 bits per heavy atom. The minimum absolute atomic E-state index is 0.147. The highest BCUT2D eigenvalue weighted by Gasteiger charge is 2.05. The fourth-order valence-corrected chi connectivity index (χ4v) is 1.17. The summed E-state index contributed by atoms with van der Waals surface area (Å²) in [7, 11) is 0. The lowest BCUT2D eigenvalue weighted by molar-refractivity contribution is -0.145. The van der Waals surface area contributed by atoms with Gasteiger partial charge in [0.2, 0.25) is 0 Å². The number of para-hydroxylation sites is 1. The molecule has 1 rings (SSSR count). The van der Waals surface area contributed by atoms with Gasteiger partial charge in [-0.2, -0.15) is 0 Å². The molecule has 0 aliphatic rings. The molecule has 0 amide bonds. The van der Waals surface area contributed by atoms with E-state index < -0.39 is 5.97 Å². The number of ketones is 1. The van der Waals surface area contributed by atoms with E-state index in [9.17, 15) is 9.59 Å². The van der Waals surface area contributed by atoms with Gasteiger partial charge in [0.1, 0.15) is 18.8 Å². The molecule has 0 saturated carbocycles. The fourth-order valence-electron chi connectivity index (χ4n) is 1.17. The molecule has 1 aromatic carbocycles. The molecule has 1 aromatic rings. The van der Waals surface area contributed by atoms with Crippen LogP contribution in [0.3, 0.4) is 0 Å². The summed E-state index contributed by atoms with van der Waals surface area (Å²) in [6.45, 7) is 2.16. The third-order valence-electron chi connectivity index (χ3n) is 1.86. The van der Waals surface area contributed by atoms with Crippen molar-refractivity contribution in [3.63, 3.8) is 0 Å². The highest BCUT2D eigenvalue weighted by atomic mass is 16.5. The Hall–Kier alpha value is -1.84. The van der Waals surface area contributed by atoms with E-state index in [2.05, 4.69) is 5.32 Å². The molecule has 0 unspecified atom stereocenters. The van der Waals surface area contributed by atoms with E-state index in [0.717, 1.165) is 5.69 Å². The monoisotopic (exact) mass is 221 g/mol. The van der Waals surface area contributed by atoms with Crippen LogP contribution in [-0.4, -0.2) is 24.9 Å². The van der Waals surface area contributed by atoms with Crippen molar-refractivity contribution in [1.29, 1.82) is 0 Å². The van der Waals surface area contributed by atoms with Crippen LogP contribution in [0.1, 0.15) is 13.3 Å². The third kappa shape index (κ3) is 5.14. The predicted molar refractivity (Wildman–Crippen MR) is 61.2 cm³/mol. The highest BCUT2D eigenvalue weighted by Crippen LogP contribution is 2.03. The Bertz CT molecular complexity index is 349. The van der Waals surface area contributed by atoms with E-state index in [1.165, 1.54) is 6.92 Å². The molecule has 16 heavy (non-hydrogen) atoms. The zero-order chi connectivity index (χ0) is 11.8. The molecule has 0 atom stereocenters. The van der Waals surface area contributed by atoms with Crippen LogP contribution < -0.4 is 5.32 Å². The van der Waals surface area contributed by atoms with E-state index in [1.807, 2.05) is 30.3 Å². The number of anilines is 1. The molecule has 86 valence electrons. The number of hydrogen-bond donors (Lipinski definition) is 1. The summed E-state index contributed by atoms with van der Waals surface area (Å²) in [5.41, 5.74) is 0.977. The Kier molecular flexibility index (Phi) is 5.05. The molecule has 0 radical (unpaired) electrons. The van der Waals surface area contributed by atoms with Gasteiger partial charge < -0.3 is 10.1 Å². The Labute approximate surface area is 94.6 Å². The minimum atomic E-state index is -0.470. The molecule has 0 aliphatic heterocycles. The van der Waals surface area contributed by atoms with Crippen molar-refractivity contribution in [3.8, 4) is 0 Å². The van der Waals surface area contributed by atoms with Gasteiger partial charge in [-0.15, -0.1) is 0 Å². The maximum absolute atomic E-state index is 11.0. The van der Waals surface area contributed by atoms with Crippen molar-refractivity contribution in [2.45, 2.75) is 13.3 Å². The van der Waals surface area contributed by atoms with E-state index in [-0.39, 0.29) is 18.8 Å². The first-order valence-electron chi connectivity index (χ1n) is 5.12. The Balaban J connectivity index is 2.13. The van der Waals surface area contributed by atoms with Crippen LogP contribution in [0.4, 0.5) is 5.69 Å². The van der Waals surface area contributed by atoms with Crippen LogP contribution in [0.5, 0.6) is 0 Å². The van der Waals surface area contributed by atoms with Crippen LogP contribution >= 0.6 is 0 Å². The standard InChI is InChI=1S/C12H15NO3/c1-10(14)9-12(15)16-8-7-13-11-5-3-2-4-6-11/h2-6,13H,7-9H2,1H3. The van der Waals surface area contributed by atoms with E-state index >= 15 is 0 Å². The summed E-state index contributed by atoms with van der Waals surface area (Å²) in [6, 6.07) is 9.63. The molecule has 1 N–H and O–H groups in total. The van der Waals surface area contributed by atoms with Gasteiger partial charge in [0, 0.05) is 12.2 Å². The van der Waals surface area contributed by atoms with Gasteiger partial charge in [0.05, 0.1) is 0 Å². The summed E-state index contributed by atoms with van der Waals surface area (Å²) in [4.78, 5) is 21.6. The summed E-state index contributed by atoms with van der Waals surface area (Å²) in [5.74, 6) is -0.650. The SMILES string of the molecule is CC(=O)CC(=O)OCCNc1ccccc1. The van der Waals surface area contributed by atoms with Gasteiger partial charge >= 0.3 is 5.97 Å². The average Bonchev–Trinajstić information content (AvgIpc) is 2.25. The number of hydrogen-bond acceptors (Lipinski definition) is 4. The minimum Gasteiger partial charge on any atom is -0.463 e. The highest BCUT2D eigenvalue weighted by molar-refractivity contribution is 5.94. The summed E-state index contributed by atoms with van der Waals surface area (Å²) >= 11 is 0. The lowest BCUT2D eigenvalue weighted by Gasteiger charge is -2.06. The maximum Gasteiger partial charge on any atom is 0.313 e. The summed E-state index contributed by atoms with van der Waals surface area (Å²) in [6.07, 6.45) is -0.147. The number of nitrogens with one attached hydrogen (secondary N) is 1. The van der Waals surface area contributed by atoms with Crippen molar-refractivity contribution in [2.75, 3.05) is 18.5 Å². The number of Topliss-reactive ketones (excluding diaryl/α,β-unsaturated/α-hetero) is 1. The first-order chi connectivity index (χ1) is 7.68. The second-order valence-electron chi connectivity index (χ2n) is 3.39. The maximum atomic E-state index is 11.0. The Morgan fingerprint density at radius 1 is 1.25 bits per heavy atom. The van der Waals surface area contributed by atoms with Crippen molar-refractivity contribution in [1.82, 2.24) is 0 Å². The van der Waals surface area contributed by atoms with Crippen molar-refractivity contribution in [2.24, 2.45) is 0 Å². The average molecular weight is 221 g/mol. The zero-order valence-corrected chi connectivity index (χ0v) is 9.23. The number of carbonyl (C=O) groups is 2. The van der Waals surface area contributed by atoms with Crippen LogP contribution in [0.25, 0.3) is 0 Å². The molecule has 4 nitrogen and oxygen atoms in total. The topological polar surface area (TPSA) is 55.4 Å². The van der Waals surface area contributed by atoms with Crippen molar-refractivity contribution >= 4 is 17.4 Å². The van der Waals surface area contributed by atoms with Gasteiger partial charge in [-0.1, -0.05) is 18.2 Å². The van der Waals surface area contributed by atoms with Crippen molar-refractivity contribution in [3.05, 3.63) is 30.3 Å². The van der Waals surface area contributed by atoms with Crippen LogP contribution in [0.2, 0.25) is 0 Å². The first kappa shape index (κ1) is 12.2. The molecule has 0 spiro atoms. The lowest BCUT2D eigenvalue weighted by Crippen LogP contribution is -2.15. The zero-order valence-electron chi connectivity index (χ0n) is 9.23. The number of rotatable bonds is 6. The third-order valence-corrected chi connectivity index (χ3v) is 1.86. The molecule has 0 aliphatic carbocycles. The van der Waals surface area contributed by atoms with E-state index in [0.29, 0.717) is 6.54 Å². The largest absolute Gasteiger partial charge is 0.463 e. The molecule has 0 heterocycles. The van der Waals surface area contributed by atoms with Gasteiger partial charge in [0.15, 0.2) is 0 Å². The Morgan fingerprint density at radius 2 is 1.94 bits per heavy atom. The first-order valence-corrected chi connectivity index (χ1v) is 5.12. The number of carbonyl (C=O) groups excluding carboxylic acids is 2.